The number of carbonyl (C=O) groups excluding carboxylic acids is 3. The number of carbonyl (C=O) groups is 3. The predicted molar refractivity (Wildman–Crippen MR) is 107 cm³/mol. The molecule has 7 nitrogen and oxygen atoms in total. The zero-order valence-electron chi connectivity index (χ0n) is 16.5. The van der Waals surface area contributed by atoms with Crippen molar-refractivity contribution < 1.29 is 23.2 Å². The molecule has 2 amide bonds. The van der Waals surface area contributed by atoms with Crippen LogP contribution in [0.3, 0.4) is 0 Å². The highest BCUT2D eigenvalue weighted by Gasteiger charge is 2.43. The summed E-state index contributed by atoms with van der Waals surface area (Å²) in [5.74, 6) is -4.84. The number of ketones is 1. The fourth-order valence-corrected chi connectivity index (χ4v) is 3.44. The minimum Gasteiger partial charge on any atom is -0.345 e. The van der Waals surface area contributed by atoms with E-state index in [9.17, 15) is 23.2 Å². The van der Waals surface area contributed by atoms with Gasteiger partial charge in [0.2, 0.25) is 5.84 Å². The Labute approximate surface area is 176 Å². The molecular weight excluding hydrogens is 406 g/mol. The molecule has 158 valence electrons. The van der Waals surface area contributed by atoms with Crippen LogP contribution in [-0.2, 0) is 27.3 Å². The van der Waals surface area contributed by atoms with Gasteiger partial charge in [-0.05, 0) is 36.6 Å². The average molecular weight is 424 g/mol. The predicted octanol–water partition coefficient (Wildman–Crippen LogP) is 2.00. The van der Waals surface area contributed by atoms with Gasteiger partial charge in [0.1, 0.15) is 11.7 Å². The van der Waals surface area contributed by atoms with E-state index >= 15 is 0 Å². The first-order chi connectivity index (χ1) is 14.8. The van der Waals surface area contributed by atoms with Gasteiger partial charge in [-0.2, -0.15) is 5.01 Å². The normalized spacial score (nSPS) is 18.0. The average Bonchev–Trinajstić information content (AvgIpc) is 3.23. The van der Waals surface area contributed by atoms with Gasteiger partial charge in [-0.3, -0.25) is 14.4 Å². The van der Waals surface area contributed by atoms with Crippen molar-refractivity contribution in [1.82, 2.24) is 15.6 Å². The van der Waals surface area contributed by atoms with Crippen LogP contribution in [0, 0.1) is 17.6 Å². The highest BCUT2D eigenvalue weighted by Crippen LogP contribution is 2.29. The first-order valence-electron chi connectivity index (χ1n) is 9.56. The minimum atomic E-state index is -1.15. The highest BCUT2D eigenvalue weighted by atomic mass is 19.2. The number of amidine groups is 1. The van der Waals surface area contributed by atoms with Gasteiger partial charge in [0.15, 0.2) is 17.4 Å². The fraction of sp³-hybridized carbons (Fsp3) is 0.182. The molecule has 0 saturated heterocycles. The summed E-state index contributed by atoms with van der Waals surface area (Å²) in [4.78, 5) is 38.1. The smallest absolute Gasteiger partial charge is 0.289 e. The van der Waals surface area contributed by atoms with E-state index in [4.69, 9.17) is 0 Å². The monoisotopic (exact) mass is 424 g/mol. The Morgan fingerprint density at radius 3 is 2.55 bits per heavy atom. The van der Waals surface area contributed by atoms with Crippen LogP contribution in [0.4, 0.5) is 8.78 Å². The summed E-state index contributed by atoms with van der Waals surface area (Å²) in [7, 11) is 0. The number of benzene rings is 2. The van der Waals surface area contributed by atoms with E-state index in [1.165, 1.54) is 13.0 Å². The molecule has 0 aromatic heterocycles. The molecule has 0 saturated carbocycles. The van der Waals surface area contributed by atoms with E-state index in [-0.39, 0.29) is 30.2 Å². The number of hydrogen-bond donors (Lipinski definition) is 2. The molecule has 1 atom stereocenters. The van der Waals surface area contributed by atoms with E-state index in [0.29, 0.717) is 5.56 Å². The molecule has 2 aliphatic rings. The molecule has 2 N–H and O–H groups in total. The Morgan fingerprint density at radius 1 is 1.10 bits per heavy atom. The first kappa shape index (κ1) is 20.4. The number of Topliss-reactive ketones (excluding diaryl/α,β-unsaturated/α-hetero) is 1. The van der Waals surface area contributed by atoms with Gasteiger partial charge < -0.3 is 10.6 Å². The second-order valence-electron chi connectivity index (χ2n) is 7.23. The van der Waals surface area contributed by atoms with Gasteiger partial charge in [-0.1, -0.05) is 36.4 Å². The summed E-state index contributed by atoms with van der Waals surface area (Å²) in [6, 6.07) is 12.5. The highest BCUT2D eigenvalue weighted by molar-refractivity contribution is 6.39. The molecule has 0 bridgehead atoms. The standard InChI is InChI=1S/C22H18F2N4O3/c1-12-18(29)15(9-14-7-8-16(23)17(24)10-14)22(31)28-20(12)26-19(27-28)21(30)25-11-13-5-3-2-4-6-13/h2-8,10,15H,9,11H2,1H3,(H,25,30)(H,26,27). The zero-order valence-corrected chi connectivity index (χ0v) is 16.5. The molecule has 2 aromatic rings. The molecule has 0 fully saturated rings. The van der Waals surface area contributed by atoms with E-state index in [2.05, 4.69) is 15.7 Å². The lowest BCUT2D eigenvalue weighted by atomic mass is 9.88. The van der Waals surface area contributed by atoms with Crippen LogP contribution < -0.4 is 10.6 Å². The molecule has 2 heterocycles. The van der Waals surface area contributed by atoms with Crippen LogP contribution in [0.2, 0.25) is 0 Å². The quantitative estimate of drug-likeness (QED) is 0.719. The van der Waals surface area contributed by atoms with Crippen molar-refractivity contribution in [1.29, 1.82) is 0 Å². The van der Waals surface area contributed by atoms with Gasteiger partial charge in [0.25, 0.3) is 11.8 Å². The molecule has 0 aliphatic carbocycles. The number of nitrogens with zero attached hydrogens (tertiary/aromatic N) is 2. The molecule has 0 radical (unpaired) electrons. The first-order valence-corrected chi connectivity index (χ1v) is 9.56. The van der Waals surface area contributed by atoms with Gasteiger partial charge >= 0.3 is 0 Å². The lowest BCUT2D eigenvalue weighted by Crippen LogP contribution is -2.44. The lowest BCUT2D eigenvalue weighted by Gasteiger charge is -2.27. The zero-order chi connectivity index (χ0) is 22.1. The number of rotatable bonds is 5. The maximum Gasteiger partial charge on any atom is 0.289 e. The van der Waals surface area contributed by atoms with E-state index in [0.717, 1.165) is 22.7 Å². The van der Waals surface area contributed by atoms with Gasteiger partial charge in [-0.25, -0.2) is 8.78 Å². The van der Waals surface area contributed by atoms with E-state index in [1.54, 1.807) is 0 Å². The van der Waals surface area contributed by atoms with Gasteiger partial charge in [0, 0.05) is 12.1 Å². The lowest BCUT2D eigenvalue weighted by molar-refractivity contribution is -0.140. The number of hydrazone groups is 1. The third kappa shape index (κ3) is 3.94. The van der Waals surface area contributed by atoms with Crippen LogP contribution in [0.15, 0.2) is 65.0 Å². The fourth-order valence-electron chi connectivity index (χ4n) is 3.44. The van der Waals surface area contributed by atoms with Crippen molar-refractivity contribution in [3.8, 4) is 0 Å². The summed E-state index contributed by atoms with van der Waals surface area (Å²) in [5.41, 5.74) is 1.42. The Morgan fingerprint density at radius 2 is 1.84 bits per heavy atom. The molecule has 2 aromatic carbocycles. The van der Waals surface area contributed by atoms with Crippen molar-refractivity contribution in [2.24, 2.45) is 11.0 Å². The van der Waals surface area contributed by atoms with E-state index < -0.39 is 35.1 Å². The van der Waals surface area contributed by atoms with Crippen LogP contribution in [0.5, 0.6) is 0 Å². The van der Waals surface area contributed by atoms with Crippen molar-refractivity contribution in [3.63, 3.8) is 0 Å². The third-order valence-corrected chi connectivity index (χ3v) is 5.13. The molecule has 1 unspecified atom stereocenters. The molecule has 31 heavy (non-hydrogen) atoms. The Kier molecular flexibility index (Phi) is 5.33. The number of hydrogen-bond acceptors (Lipinski definition) is 5. The minimum absolute atomic E-state index is 0.110. The SMILES string of the molecule is CC1=C2NC(C(=O)NCc3ccccc3)=NN2C(=O)C(Cc2ccc(F)c(F)c2)C1=O. The maximum atomic E-state index is 13.5. The molecule has 4 rings (SSSR count). The summed E-state index contributed by atoms with van der Waals surface area (Å²) in [5, 5.41) is 10.5. The van der Waals surface area contributed by atoms with Crippen LogP contribution in [-0.4, -0.2) is 28.4 Å². The molecule has 2 aliphatic heterocycles. The number of halogens is 2. The number of amides is 2. The third-order valence-electron chi connectivity index (χ3n) is 5.13. The number of allylic oxidation sites excluding steroid dienone is 1. The number of fused-ring (bicyclic) bond motifs is 1. The van der Waals surface area contributed by atoms with E-state index in [1.807, 2.05) is 30.3 Å². The van der Waals surface area contributed by atoms with Crippen LogP contribution in [0.25, 0.3) is 0 Å². The van der Waals surface area contributed by atoms with Crippen molar-refractivity contribution in [3.05, 3.63) is 82.7 Å². The number of nitrogens with one attached hydrogen (secondary N) is 2. The maximum absolute atomic E-state index is 13.5. The summed E-state index contributed by atoms with van der Waals surface area (Å²) in [6.07, 6.45) is -0.110. The van der Waals surface area contributed by atoms with Crippen LogP contribution >= 0.6 is 0 Å². The van der Waals surface area contributed by atoms with Crippen molar-refractivity contribution in [2.45, 2.75) is 19.9 Å². The summed E-state index contributed by atoms with van der Waals surface area (Å²) in [6.45, 7) is 1.78. The Balaban J connectivity index is 1.51. The topological polar surface area (TPSA) is 90.9 Å². The van der Waals surface area contributed by atoms with Gasteiger partial charge in [-0.15, -0.1) is 5.10 Å². The molecule has 0 spiro atoms. The summed E-state index contributed by atoms with van der Waals surface area (Å²) >= 11 is 0. The second-order valence-corrected chi connectivity index (χ2v) is 7.23. The largest absolute Gasteiger partial charge is 0.345 e. The van der Waals surface area contributed by atoms with Crippen molar-refractivity contribution in [2.75, 3.05) is 0 Å². The summed E-state index contributed by atoms with van der Waals surface area (Å²) < 4.78 is 26.7. The Hall–Kier alpha value is -3.88. The molecular formula is C22H18F2N4O3. The Bertz CT molecular complexity index is 1140. The van der Waals surface area contributed by atoms with Crippen molar-refractivity contribution >= 4 is 23.4 Å². The molecule has 9 heteroatoms. The van der Waals surface area contributed by atoms with Gasteiger partial charge in [0.05, 0.1) is 0 Å². The van der Waals surface area contributed by atoms with Crippen LogP contribution in [0.1, 0.15) is 18.1 Å². The second kappa shape index (κ2) is 8.10.